The quantitative estimate of drug-likeness (QED) is 0.616. The van der Waals surface area contributed by atoms with Gasteiger partial charge in [-0.25, -0.2) is 0 Å². The minimum absolute atomic E-state index is 0.0118. The van der Waals surface area contributed by atoms with Crippen LogP contribution in [-0.2, 0) is 4.79 Å². The van der Waals surface area contributed by atoms with Crippen LogP contribution in [0.4, 0.5) is 0 Å². The molecule has 2 unspecified atom stereocenters. The van der Waals surface area contributed by atoms with Crippen molar-refractivity contribution < 1.29 is 9.90 Å². The van der Waals surface area contributed by atoms with E-state index in [0.717, 1.165) is 13.1 Å². The van der Waals surface area contributed by atoms with Gasteiger partial charge in [-0.05, 0) is 18.4 Å². The molecule has 15 heavy (non-hydrogen) atoms. The summed E-state index contributed by atoms with van der Waals surface area (Å²) >= 11 is 0. The van der Waals surface area contributed by atoms with Crippen molar-refractivity contribution >= 4 is 5.91 Å². The van der Waals surface area contributed by atoms with Gasteiger partial charge in [0.05, 0.1) is 18.6 Å². The molecule has 0 aliphatic carbocycles. The van der Waals surface area contributed by atoms with Gasteiger partial charge in [-0.15, -0.1) is 0 Å². The number of hydrogen-bond acceptors (Lipinski definition) is 3. The molecule has 0 aromatic carbocycles. The SMILES string of the molecule is CC1CNCC1C(=O)N[C@H](CO)C(C)C. The van der Waals surface area contributed by atoms with Gasteiger partial charge in [-0.1, -0.05) is 20.8 Å². The zero-order chi connectivity index (χ0) is 11.4. The lowest BCUT2D eigenvalue weighted by Crippen LogP contribution is -2.45. The van der Waals surface area contributed by atoms with Crippen molar-refractivity contribution in [3.63, 3.8) is 0 Å². The molecule has 0 saturated carbocycles. The Hall–Kier alpha value is -0.610. The Morgan fingerprint density at radius 1 is 1.53 bits per heavy atom. The van der Waals surface area contributed by atoms with Crippen molar-refractivity contribution in [2.45, 2.75) is 26.8 Å². The molecule has 1 saturated heterocycles. The highest BCUT2D eigenvalue weighted by atomic mass is 16.3. The van der Waals surface area contributed by atoms with E-state index in [-0.39, 0.29) is 30.4 Å². The van der Waals surface area contributed by atoms with Crippen LogP contribution in [0.3, 0.4) is 0 Å². The molecule has 0 aromatic rings. The fourth-order valence-corrected chi connectivity index (χ4v) is 1.87. The molecular weight excluding hydrogens is 192 g/mol. The van der Waals surface area contributed by atoms with Crippen LogP contribution >= 0.6 is 0 Å². The molecule has 4 heteroatoms. The third kappa shape index (κ3) is 3.18. The molecule has 0 spiro atoms. The fourth-order valence-electron chi connectivity index (χ4n) is 1.87. The van der Waals surface area contributed by atoms with E-state index < -0.39 is 0 Å². The van der Waals surface area contributed by atoms with Crippen LogP contribution < -0.4 is 10.6 Å². The topological polar surface area (TPSA) is 61.4 Å². The monoisotopic (exact) mass is 214 g/mol. The molecule has 1 amide bonds. The normalized spacial score (nSPS) is 28.1. The lowest BCUT2D eigenvalue weighted by Gasteiger charge is -2.23. The van der Waals surface area contributed by atoms with Crippen LogP contribution in [0.2, 0.25) is 0 Å². The summed E-state index contributed by atoms with van der Waals surface area (Å²) in [6, 6.07) is -0.120. The Bertz CT molecular complexity index is 219. The van der Waals surface area contributed by atoms with E-state index in [4.69, 9.17) is 5.11 Å². The molecule has 88 valence electrons. The lowest BCUT2D eigenvalue weighted by atomic mass is 9.96. The van der Waals surface area contributed by atoms with Gasteiger partial charge in [0.1, 0.15) is 0 Å². The number of rotatable bonds is 4. The first-order chi connectivity index (χ1) is 7.06. The molecule has 1 aliphatic rings. The largest absolute Gasteiger partial charge is 0.394 e. The maximum atomic E-state index is 11.9. The average Bonchev–Trinajstić information content (AvgIpc) is 2.60. The molecule has 1 fully saturated rings. The first-order valence-corrected chi connectivity index (χ1v) is 5.68. The van der Waals surface area contributed by atoms with Gasteiger partial charge in [0.25, 0.3) is 0 Å². The van der Waals surface area contributed by atoms with Crippen LogP contribution in [0.5, 0.6) is 0 Å². The van der Waals surface area contributed by atoms with Gasteiger partial charge < -0.3 is 15.7 Å². The molecule has 1 aliphatic heterocycles. The van der Waals surface area contributed by atoms with Crippen molar-refractivity contribution in [3.8, 4) is 0 Å². The Kier molecular flexibility index (Phi) is 4.54. The minimum Gasteiger partial charge on any atom is -0.394 e. The summed E-state index contributed by atoms with van der Waals surface area (Å²) in [6.07, 6.45) is 0. The number of carbonyl (C=O) groups excluding carboxylic acids is 1. The van der Waals surface area contributed by atoms with E-state index in [1.807, 2.05) is 13.8 Å². The third-order valence-corrected chi connectivity index (χ3v) is 3.18. The molecule has 4 nitrogen and oxygen atoms in total. The zero-order valence-corrected chi connectivity index (χ0v) is 9.79. The fraction of sp³-hybridized carbons (Fsp3) is 0.909. The van der Waals surface area contributed by atoms with E-state index >= 15 is 0 Å². The minimum atomic E-state index is -0.120. The molecule has 0 bridgehead atoms. The predicted octanol–water partition coefficient (Wildman–Crippen LogP) is -0.0250. The van der Waals surface area contributed by atoms with Crippen molar-refractivity contribution in [2.75, 3.05) is 19.7 Å². The second-order valence-electron chi connectivity index (χ2n) is 4.78. The summed E-state index contributed by atoms with van der Waals surface area (Å²) in [7, 11) is 0. The van der Waals surface area contributed by atoms with Gasteiger partial charge in [-0.2, -0.15) is 0 Å². The standard InChI is InChI=1S/C11H22N2O2/c1-7(2)10(6-14)13-11(15)9-5-12-4-8(9)3/h7-10,12,14H,4-6H2,1-3H3,(H,13,15)/t8?,9?,10-/m1/s1. The highest BCUT2D eigenvalue weighted by Crippen LogP contribution is 2.16. The lowest BCUT2D eigenvalue weighted by molar-refractivity contribution is -0.126. The van der Waals surface area contributed by atoms with Crippen LogP contribution in [0.25, 0.3) is 0 Å². The number of amides is 1. The van der Waals surface area contributed by atoms with Crippen LogP contribution in [0.15, 0.2) is 0 Å². The second-order valence-corrected chi connectivity index (χ2v) is 4.78. The summed E-state index contributed by atoms with van der Waals surface area (Å²) in [5.74, 6) is 0.776. The maximum Gasteiger partial charge on any atom is 0.225 e. The smallest absolute Gasteiger partial charge is 0.225 e. The Labute approximate surface area is 91.4 Å². The second kappa shape index (κ2) is 5.47. The molecule has 1 heterocycles. The van der Waals surface area contributed by atoms with Crippen molar-refractivity contribution in [3.05, 3.63) is 0 Å². The number of carbonyl (C=O) groups is 1. The highest BCUT2D eigenvalue weighted by Gasteiger charge is 2.30. The van der Waals surface area contributed by atoms with E-state index in [1.165, 1.54) is 0 Å². The summed E-state index contributed by atoms with van der Waals surface area (Å²) < 4.78 is 0. The number of hydrogen-bond donors (Lipinski definition) is 3. The third-order valence-electron chi connectivity index (χ3n) is 3.18. The Morgan fingerprint density at radius 2 is 2.20 bits per heavy atom. The summed E-state index contributed by atoms with van der Waals surface area (Å²) in [4.78, 5) is 11.9. The molecular formula is C11H22N2O2. The number of aliphatic hydroxyl groups excluding tert-OH is 1. The van der Waals surface area contributed by atoms with Gasteiger partial charge >= 0.3 is 0 Å². The maximum absolute atomic E-state index is 11.9. The van der Waals surface area contributed by atoms with Gasteiger partial charge in [-0.3, -0.25) is 4.79 Å². The van der Waals surface area contributed by atoms with Crippen molar-refractivity contribution in [1.29, 1.82) is 0 Å². The van der Waals surface area contributed by atoms with Crippen LogP contribution in [0, 0.1) is 17.8 Å². The first-order valence-electron chi connectivity index (χ1n) is 5.68. The highest BCUT2D eigenvalue weighted by molar-refractivity contribution is 5.79. The van der Waals surface area contributed by atoms with E-state index in [0.29, 0.717) is 5.92 Å². The number of nitrogens with one attached hydrogen (secondary N) is 2. The van der Waals surface area contributed by atoms with Gasteiger partial charge in [0.2, 0.25) is 5.91 Å². The van der Waals surface area contributed by atoms with Crippen LogP contribution in [-0.4, -0.2) is 36.8 Å². The van der Waals surface area contributed by atoms with Crippen LogP contribution in [0.1, 0.15) is 20.8 Å². The predicted molar refractivity (Wildman–Crippen MR) is 59.4 cm³/mol. The number of aliphatic hydroxyl groups is 1. The zero-order valence-electron chi connectivity index (χ0n) is 9.79. The molecule has 3 atom stereocenters. The molecule has 3 N–H and O–H groups in total. The first kappa shape index (κ1) is 12.5. The summed E-state index contributed by atoms with van der Waals surface area (Å²) in [5.41, 5.74) is 0. The molecule has 0 aromatic heterocycles. The van der Waals surface area contributed by atoms with Crippen molar-refractivity contribution in [1.82, 2.24) is 10.6 Å². The summed E-state index contributed by atoms with van der Waals surface area (Å²) in [6.45, 7) is 7.74. The van der Waals surface area contributed by atoms with E-state index in [9.17, 15) is 4.79 Å². The average molecular weight is 214 g/mol. The molecule has 0 radical (unpaired) electrons. The van der Waals surface area contributed by atoms with Gasteiger partial charge in [0.15, 0.2) is 0 Å². The molecule has 1 rings (SSSR count). The van der Waals surface area contributed by atoms with Crippen molar-refractivity contribution in [2.24, 2.45) is 17.8 Å². The Balaban J connectivity index is 2.46. The van der Waals surface area contributed by atoms with E-state index in [1.54, 1.807) is 0 Å². The summed E-state index contributed by atoms with van der Waals surface area (Å²) in [5, 5.41) is 15.2. The van der Waals surface area contributed by atoms with Gasteiger partial charge in [0, 0.05) is 6.54 Å². The van der Waals surface area contributed by atoms with E-state index in [2.05, 4.69) is 17.6 Å². The Morgan fingerprint density at radius 3 is 2.60 bits per heavy atom.